The van der Waals surface area contributed by atoms with Gasteiger partial charge in [0.15, 0.2) is 5.69 Å². The predicted molar refractivity (Wildman–Crippen MR) is 91.0 cm³/mol. The van der Waals surface area contributed by atoms with Crippen molar-refractivity contribution in [3.63, 3.8) is 0 Å². The van der Waals surface area contributed by atoms with Gasteiger partial charge in [-0.3, -0.25) is 4.79 Å². The molecule has 0 aliphatic rings. The number of halogens is 4. The first kappa shape index (κ1) is 18.6. The molecule has 1 aromatic heterocycles. The van der Waals surface area contributed by atoms with Gasteiger partial charge < -0.3 is 5.32 Å². The molecule has 0 radical (unpaired) electrons. The molecule has 1 heterocycles. The molecule has 0 saturated carbocycles. The number of rotatable bonds is 5. The second kappa shape index (κ2) is 7.61. The van der Waals surface area contributed by atoms with Crippen molar-refractivity contribution in [2.75, 3.05) is 6.54 Å². The highest BCUT2D eigenvalue weighted by atomic mass is 19.4. The first-order valence-corrected chi connectivity index (χ1v) is 8.09. The van der Waals surface area contributed by atoms with Crippen LogP contribution in [0.5, 0.6) is 0 Å². The van der Waals surface area contributed by atoms with Crippen LogP contribution in [-0.2, 0) is 12.6 Å². The van der Waals surface area contributed by atoms with Crippen LogP contribution in [0.15, 0.2) is 60.8 Å². The summed E-state index contributed by atoms with van der Waals surface area (Å²) in [5.74, 6) is -0.678. The van der Waals surface area contributed by atoms with Gasteiger partial charge in [0.05, 0.1) is 5.69 Å². The fourth-order valence-corrected chi connectivity index (χ4v) is 2.50. The lowest BCUT2D eigenvalue weighted by Gasteiger charge is -2.07. The first-order valence-electron chi connectivity index (χ1n) is 8.09. The number of carbonyl (C=O) groups is 1. The van der Waals surface area contributed by atoms with Crippen molar-refractivity contribution in [3.05, 3.63) is 83.4 Å². The summed E-state index contributed by atoms with van der Waals surface area (Å²) in [7, 11) is 0. The fraction of sp³-hybridized carbons (Fsp3) is 0.158. The van der Waals surface area contributed by atoms with Crippen LogP contribution in [0.2, 0.25) is 0 Å². The van der Waals surface area contributed by atoms with E-state index in [-0.39, 0.29) is 18.3 Å². The Bertz CT molecular complexity index is 933. The van der Waals surface area contributed by atoms with Crippen molar-refractivity contribution in [1.82, 2.24) is 15.1 Å². The van der Waals surface area contributed by atoms with Crippen LogP contribution in [0.25, 0.3) is 5.69 Å². The Morgan fingerprint density at radius 1 is 1.04 bits per heavy atom. The summed E-state index contributed by atoms with van der Waals surface area (Å²) in [5, 5.41) is 6.15. The third-order valence-electron chi connectivity index (χ3n) is 3.91. The maximum Gasteiger partial charge on any atom is 0.435 e. The summed E-state index contributed by atoms with van der Waals surface area (Å²) >= 11 is 0. The first-order chi connectivity index (χ1) is 12.8. The van der Waals surface area contributed by atoms with E-state index in [4.69, 9.17) is 0 Å². The Morgan fingerprint density at radius 2 is 1.74 bits per heavy atom. The number of carbonyl (C=O) groups excluding carboxylic acids is 1. The maximum atomic E-state index is 13.5. The summed E-state index contributed by atoms with van der Waals surface area (Å²) in [6.45, 7) is 0.260. The van der Waals surface area contributed by atoms with Crippen LogP contribution in [0.3, 0.4) is 0 Å². The highest BCUT2D eigenvalue weighted by Gasteiger charge is 2.33. The van der Waals surface area contributed by atoms with E-state index in [0.29, 0.717) is 23.2 Å². The van der Waals surface area contributed by atoms with Crippen molar-refractivity contribution in [1.29, 1.82) is 0 Å². The van der Waals surface area contributed by atoms with Crippen molar-refractivity contribution in [3.8, 4) is 5.69 Å². The van der Waals surface area contributed by atoms with Gasteiger partial charge in [0.25, 0.3) is 5.91 Å². The minimum absolute atomic E-state index is 0.260. The monoisotopic (exact) mass is 377 g/mol. The minimum atomic E-state index is -4.51. The third kappa shape index (κ3) is 4.52. The zero-order valence-corrected chi connectivity index (χ0v) is 14.0. The molecule has 0 fully saturated rings. The highest BCUT2D eigenvalue weighted by molar-refractivity contribution is 5.94. The van der Waals surface area contributed by atoms with Gasteiger partial charge in [-0.2, -0.15) is 18.3 Å². The van der Waals surface area contributed by atoms with Crippen LogP contribution in [0.1, 0.15) is 21.6 Å². The van der Waals surface area contributed by atoms with E-state index < -0.39 is 11.9 Å². The summed E-state index contributed by atoms with van der Waals surface area (Å²) in [4.78, 5) is 12.1. The molecule has 1 amide bonds. The normalized spacial score (nSPS) is 11.4. The van der Waals surface area contributed by atoms with Crippen molar-refractivity contribution in [2.45, 2.75) is 12.6 Å². The fourth-order valence-electron chi connectivity index (χ4n) is 2.50. The number of nitrogens with zero attached hydrogens (tertiary/aromatic N) is 2. The number of amides is 1. The molecule has 3 aromatic rings. The summed E-state index contributed by atoms with van der Waals surface area (Å²) in [5.41, 5.74) is 0.258. The summed E-state index contributed by atoms with van der Waals surface area (Å²) in [6, 6.07) is 13.2. The van der Waals surface area contributed by atoms with Gasteiger partial charge in [0.2, 0.25) is 0 Å². The predicted octanol–water partition coefficient (Wildman–Crippen LogP) is 4.00. The molecule has 0 aliphatic carbocycles. The number of nitrogens with one attached hydrogen (secondary N) is 1. The van der Waals surface area contributed by atoms with E-state index in [1.807, 2.05) is 0 Å². The molecule has 0 atom stereocenters. The van der Waals surface area contributed by atoms with Crippen molar-refractivity contribution >= 4 is 5.91 Å². The van der Waals surface area contributed by atoms with E-state index in [9.17, 15) is 22.4 Å². The Balaban J connectivity index is 1.60. The Labute approximate surface area is 152 Å². The number of alkyl halides is 3. The van der Waals surface area contributed by atoms with Crippen LogP contribution in [0, 0.1) is 5.82 Å². The maximum absolute atomic E-state index is 13.5. The second-order valence-electron chi connectivity index (χ2n) is 5.79. The molecule has 27 heavy (non-hydrogen) atoms. The molecule has 4 nitrogen and oxygen atoms in total. The van der Waals surface area contributed by atoms with Crippen LogP contribution in [-0.4, -0.2) is 22.2 Å². The van der Waals surface area contributed by atoms with Crippen LogP contribution < -0.4 is 5.32 Å². The molecular weight excluding hydrogens is 362 g/mol. The van der Waals surface area contributed by atoms with Gasteiger partial charge in [-0.25, -0.2) is 9.07 Å². The molecule has 140 valence electrons. The summed E-state index contributed by atoms with van der Waals surface area (Å²) in [6.07, 6.45) is -2.96. The average molecular weight is 377 g/mol. The molecule has 0 unspecified atom stereocenters. The van der Waals surface area contributed by atoms with Crippen LogP contribution >= 0.6 is 0 Å². The average Bonchev–Trinajstić information content (AvgIpc) is 3.14. The summed E-state index contributed by atoms with van der Waals surface area (Å²) < 4.78 is 52.4. The third-order valence-corrected chi connectivity index (χ3v) is 3.91. The molecule has 0 bridgehead atoms. The number of benzene rings is 2. The molecule has 8 heteroatoms. The van der Waals surface area contributed by atoms with Gasteiger partial charge in [0, 0.05) is 18.3 Å². The number of hydrogen-bond donors (Lipinski definition) is 1. The molecule has 0 saturated heterocycles. The molecule has 0 spiro atoms. The largest absolute Gasteiger partial charge is 0.435 e. The number of aromatic nitrogens is 2. The topological polar surface area (TPSA) is 46.9 Å². The second-order valence-corrected chi connectivity index (χ2v) is 5.79. The van der Waals surface area contributed by atoms with E-state index >= 15 is 0 Å². The zero-order chi connectivity index (χ0) is 19.4. The smallest absolute Gasteiger partial charge is 0.352 e. The van der Waals surface area contributed by atoms with E-state index in [1.165, 1.54) is 36.5 Å². The standard InChI is InChI=1S/C19H15F4N3O/c20-16-4-2-1-3-13(16)9-11-24-18(27)14-5-7-15(8-6-14)26-12-10-17(25-26)19(21,22)23/h1-8,10,12H,9,11H2,(H,24,27). The zero-order valence-electron chi connectivity index (χ0n) is 14.0. The SMILES string of the molecule is O=C(NCCc1ccccc1F)c1ccc(-n2ccc(C(F)(F)F)n2)cc1. The lowest BCUT2D eigenvalue weighted by Crippen LogP contribution is -2.25. The Hall–Kier alpha value is -3.16. The molecule has 3 rings (SSSR count). The van der Waals surface area contributed by atoms with E-state index in [1.54, 1.807) is 18.2 Å². The van der Waals surface area contributed by atoms with Gasteiger partial charge in [-0.05, 0) is 48.4 Å². The Kier molecular flexibility index (Phi) is 5.25. The lowest BCUT2D eigenvalue weighted by atomic mass is 10.1. The lowest BCUT2D eigenvalue weighted by molar-refractivity contribution is -0.141. The van der Waals surface area contributed by atoms with Gasteiger partial charge >= 0.3 is 6.18 Å². The van der Waals surface area contributed by atoms with E-state index in [0.717, 1.165) is 10.7 Å². The molecule has 1 N–H and O–H groups in total. The Morgan fingerprint density at radius 3 is 2.37 bits per heavy atom. The molecule has 0 aliphatic heterocycles. The quantitative estimate of drug-likeness (QED) is 0.683. The van der Waals surface area contributed by atoms with Crippen molar-refractivity contribution in [2.24, 2.45) is 0 Å². The van der Waals surface area contributed by atoms with Crippen molar-refractivity contribution < 1.29 is 22.4 Å². The van der Waals surface area contributed by atoms with Gasteiger partial charge in [0.1, 0.15) is 5.82 Å². The van der Waals surface area contributed by atoms with E-state index in [2.05, 4.69) is 10.4 Å². The minimum Gasteiger partial charge on any atom is -0.352 e. The van der Waals surface area contributed by atoms with Crippen LogP contribution in [0.4, 0.5) is 17.6 Å². The molecular formula is C19H15F4N3O. The number of hydrogen-bond acceptors (Lipinski definition) is 2. The molecule has 2 aromatic carbocycles. The highest BCUT2D eigenvalue weighted by Crippen LogP contribution is 2.27. The van der Waals surface area contributed by atoms with Gasteiger partial charge in [-0.1, -0.05) is 18.2 Å². The van der Waals surface area contributed by atoms with Gasteiger partial charge in [-0.15, -0.1) is 0 Å².